The highest BCUT2D eigenvalue weighted by atomic mass is 31.2. The predicted octanol–water partition coefficient (Wildman–Crippen LogP) is 4.48. The first-order chi connectivity index (χ1) is 62.2. The van der Waals surface area contributed by atoms with Crippen LogP contribution in [0.5, 0.6) is 11.8 Å². The number of rotatable bonds is 30. The lowest BCUT2D eigenvalue weighted by atomic mass is 10.1. The fourth-order valence-corrected chi connectivity index (χ4v) is 21.0. The van der Waals surface area contributed by atoms with E-state index < -0.39 is 157 Å². The average molecular weight is 1960 g/mol. The van der Waals surface area contributed by atoms with Crippen molar-refractivity contribution >= 4 is 134 Å². The first kappa shape index (κ1) is 106. The Morgan fingerprint density at radius 3 is 0.992 bits per heavy atom. The number of nitrogens with one attached hydrogen (secondary N) is 3. The molecule has 5 aliphatic heterocycles. The van der Waals surface area contributed by atoms with Crippen LogP contribution in [0.4, 0.5) is 11.9 Å². The number of hydrogen-bond acceptors (Lipinski definition) is 34. The molecular formula is C86H139N22O20P5. The van der Waals surface area contributed by atoms with Crippen LogP contribution in [-0.4, -0.2) is 382 Å². The minimum atomic E-state index is -1.27. The van der Waals surface area contributed by atoms with Gasteiger partial charge in [-0.15, -0.1) is 65.9 Å². The standard InChI is InChI=1S/C18H30N5O4P.C18H29N4O4P.C17H28N5O4P.C17H27N4O4P.C16H25N4O4P/c1-5-6-8-26-16-12-15(21-18(19)22-16)23(10-20-12)17-14(25)13(24)11(27-17)7-9-28(2,3)4;1-6-7-12-21-13-16(19-10(2)20-17(13)25)22(12)18-15(24)14(23)11(26-18)8-9-27(3,4)5;1-5-7-25-15-11-14(20-17(18)21-15)22(9-19-11)16-13(24)12(23)10(26-16)6-8-27(2,3)4;1-6-11-20-12-15(18-9(2)19-16(12)24)21(11)17-14(23)13(22)10(25-17)7-8-26(3,4)5;1-8-17-14-11(15(23)18-8)19-9(2)20(14)16-13(22)12(21)10(24-16)6-7-25(3,4)5/h10-11,13-14,17,24-25H,2,5-9H2,1,3-4H3,(H2,19,21,22);11,14-15,18,23-24H,3,6-9H2,1-2,4-5H3,(H,19,20,25);9-10,12-13,16,23-24H,2,5-8H2,1,3-4H3,(H2,18,20,21);10,13-14,17,22-23H,3,6-8H2,1-2,4-5H3,(H,18,19,24);10,12-13,16,21-22H,3,6-7H2,1-2,4-5H3,(H,17,18,23)/t11-,13-,14-,17?;11-,14-,15-,18?;10-,12-,13-,16?;10-,13-,14-,17?;10-,12-,13-,16?/m11111/s1. The van der Waals surface area contributed by atoms with E-state index in [0.717, 1.165) is 56.5 Å². The van der Waals surface area contributed by atoms with Crippen LogP contribution >= 0.6 is 34.4 Å². The Hall–Kier alpha value is -7.75. The van der Waals surface area contributed by atoms with Crippen LogP contribution in [0.15, 0.2) is 27.0 Å². The van der Waals surface area contributed by atoms with Crippen LogP contribution in [0.1, 0.15) is 152 Å². The molecule has 0 bridgehead atoms. The summed E-state index contributed by atoms with van der Waals surface area (Å²) in [7, 11) is 0. The second-order valence-corrected chi connectivity index (χ2v) is 59.9. The van der Waals surface area contributed by atoms with E-state index in [1.807, 2.05) is 20.8 Å². The molecule has 5 fully saturated rings. The third-order valence-corrected chi connectivity index (χ3v) is 30.5. The van der Waals surface area contributed by atoms with Crippen molar-refractivity contribution in [3.63, 3.8) is 0 Å². The van der Waals surface area contributed by atoms with Gasteiger partial charge >= 0.3 is 0 Å². The first-order valence-electron chi connectivity index (χ1n) is 44.9. The van der Waals surface area contributed by atoms with Gasteiger partial charge in [0.15, 0.2) is 87.0 Å². The lowest BCUT2D eigenvalue weighted by Crippen LogP contribution is -2.32. The molecule has 0 spiro atoms. The number of aromatic nitrogens is 20. The zero-order chi connectivity index (χ0) is 97.9. The Bertz CT molecular complexity index is 6160. The van der Waals surface area contributed by atoms with Gasteiger partial charge in [-0.2, -0.15) is 19.9 Å². The Morgan fingerprint density at radius 2 is 0.669 bits per heavy atom. The maximum absolute atomic E-state index is 12.3. The Labute approximate surface area is 772 Å². The summed E-state index contributed by atoms with van der Waals surface area (Å²) in [5, 5.41) is 105. The van der Waals surface area contributed by atoms with Crippen LogP contribution in [-0.2, 0) is 36.5 Å². The Morgan fingerprint density at radius 1 is 0.368 bits per heavy atom. The van der Waals surface area contributed by atoms with Gasteiger partial charge in [-0.1, -0.05) is 34.1 Å². The summed E-state index contributed by atoms with van der Waals surface area (Å²) in [5.74, 6) is 3.78. The number of aliphatic hydroxyl groups excluding tert-OH is 10. The van der Waals surface area contributed by atoms with Crippen molar-refractivity contribution < 1.29 is 84.2 Å². The molecule has 0 aromatic carbocycles. The minimum Gasteiger partial charge on any atom is -0.476 e. The maximum Gasteiger partial charge on any atom is 0.279 e. The van der Waals surface area contributed by atoms with Crippen molar-refractivity contribution in [2.24, 2.45) is 0 Å². The van der Waals surface area contributed by atoms with Gasteiger partial charge in [0, 0.05) is 12.8 Å². The van der Waals surface area contributed by atoms with E-state index in [-0.39, 0.29) is 45.1 Å². The number of nitrogen functional groups attached to an aromatic ring is 2. The second kappa shape index (κ2) is 43.5. The number of nitrogens with two attached hydrogens (primary N) is 2. The molecule has 0 saturated carbocycles. The van der Waals surface area contributed by atoms with Gasteiger partial charge in [0.1, 0.15) is 96.0 Å². The summed E-state index contributed by atoms with van der Waals surface area (Å²) < 4.78 is 49.4. The fraction of sp³-hybridized carbons (Fsp3) is 0.651. The smallest absolute Gasteiger partial charge is 0.279 e. The van der Waals surface area contributed by atoms with Crippen molar-refractivity contribution in [3.8, 4) is 11.8 Å². The molecule has 5 aliphatic rings. The SMILES string of the molecule is C=P(C)(C)CC[C@H]1OC(n2c(C)nc3c(=O)[nH]c(C)nc32)[C@H](O)[C@@H]1O.C=P(C)(C)CC[C@H]1OC(n2c(CC)nc3c(=O)[nH]c(C)nc32)[C@H](O)[C@@H]1O.C=P(C)(C)CC[C@H]1OC(n2c(CCC)nc3c(=O)[nH]c(C)nc32)[C@H](O)[C@@H]1O.C=P(C)(C)CC[C@H]1OC(n2cnc3c(OCCC)nc(N)nc32)[C@H](O)[C@@H]1O.C=P(C)(C)CC[C@H]1OC(n2cnc3c(OCCCC)nc(N)nc32)[C@H](O)[C@@H]1O. The largest absolute Gasteiger partial charge is 0.476 e. The van der Waals surface area contributed by atoms with Gasteiger partial charge in [0.2, 0.25) is 23.7 Å². The predicted molar refractivity (Wildman–Crippen MR) is 529 cm³/mol. The highest BCUT2D eigenvalue weighted by Crippen LogP contribution is 2.47. The zero-order valence-electron chi connectivity index (χ0n) is 79.5. The molecule has 15 heterocycles. The maximum atomic E-state index is 12.3. The number of aromatic amines is 3. The zero-order valence-corrected chi connectivity index (χ0v) is 84.0. The molecule has 5 unspecified atom stereocenters. The normalized spacial score (nSPS) is 26.3. The summed E-state index contributed by atoms with van der Waals surface area (Å²) in [6.45, 7) is 30.7. The number of imidazole rings is 5. The molecule has 10 aromatic heterocycles. The summed E-state index contributed by atoms with van der Waals surface area (Å²) in [6.07, 6.45) is 19.0. The van der Waals surface area contributed by atoms with E-state index in [1.165, 1.54) is 12.7 Å². The second-order valence-electron chi connectivity index (χ2n) is 38.3. The number of H-pyrrole nitrogens is 3. The van der Waals surface area contributed by atoms with Crippen molar-refractivity contribution in [3.05, 3.63) is 78.7 Å². The molecule has 17 N–H and O–H groups in total. The van der Waals surface area contributed by atoms with E-state index in [2.05, 4.69) is 180 Å². The average Bonchev–Trinajstić information content (AvgIpc) is 1.60. The molecule has 133 heavy (non-hydrogen) atoms. The van der Waals surface area contributed by atoms with Crippen LogP contribution in [0.3, 0.4) is 0 Å². The molecule has 10 aromatic rings. The highest BCUT2D eigenvalue weighted by Gasteiger charge is 2.50. The van der Waals surface area contributed by atoms with Crippen molar-refractivity contribution in [1.82, 2.24) is 97.6 Å². The van der Waals surface area contributed by atoms with Gasteiger partial charge in [-0.05, 0) is 177 Å². The Kier molecular flexibility index (Phi) is 34.6. The number of aliphatic hydroxyl groups is 10. The Balaban J connectivity index is 0.000000160. The third-order valence-electron chi connectivity index (χ3n) is 23.2. The van der Waals surface area contributed by atoms with Crippen LogP contribution in [0.25, 0.3) is 55.8 Å². The van der Waals surface area contributed by atoms with Gasteiger partial charge in [-0.25, -0.2) is 39.9 Å². The summed E-state index contributed by atoms with van der Waals surface area (Å²) in [5.41, 5.74) is 14.1. The van der Waals surface area contributed by atoms with Crippen LogP contribution < -0.4 is 37.6 Å². The van der Waals surface area contributed by atoms with E-state index in [0.29, 0.717) is 144 Å². The molecule has 20 atom stereocenters. The van der Waals surface area contributed by atoms with E-state index in [9.17, 15) is 65.4 Å². The topological polar surface area (TPSA) is 597 Å². The molecule has 42 nitrogen and oxygen atoms in total. The van der Waals surface area contributed by atoms with Gasteiger partial charge < -0.3 is 111 Å². The van der Waals surface area contributed by atoms with Crippen LogP contribution in [0, 0.1) is 27.7 Å². The lowest BCUT2D eigenvalue weighted by Gasteiger charge is -2.20. The van der Waals surface area contributed by atoms with Crippen molar-refractivity contribution in [2.45, 2.75) is 249 Å². The molecule has 0 radical (unpaired) electrons. The minimum absolute atomic E-state index is 0.0449. The number of nitrogens with zero attached hydrogens (tertiary/aromatic N) is 17. The number of hydrogen-bond donors (Lipinski definition) is 15. The van der Waals surface area contributed by atoms with Crippen molar-refractivity contribution in [1.29, 1.82) is 0 Å². The quantitative estimate of drug-likeness (QED) is 0.0218. The van der Waals surface area contributed by atoms with E-state index in [4.69, 9.17) is 44.6 Å². The number of unbranched alkanes of at least 4 members (excludes halogenated alkanes) is 1. The number of ether oxygens (including phenoxy) is 7. The molecule has 0 aliphatic carbocycles. The summed E-state index contributed by atoms with van der Waals surface area (Å²) in [4.78, 5) is 96.0. The molecule has 47 heteroatoms. The fourth-order valence-electron chi connectivity index (χ4n) is 16.2. The molecule has 738 valence electrons. The lowest BCUT2D eigenvalue weighted by molar-refractivity contribution is -0.0368. The summed E-state index contributed by atoms with van der Waals surface area (Å²) in [6, 6.07) is 0. The first-order valence-corrected chi connectivity index (χ1v) is 60.1. The molecular weight excluding hydrogens is 1820 g/mol. The molecule has 5 saturated heterocycles. The number of aryl methyl sites for hydroxylation is 6. The summed E-state index contributed by atoms with van der Waals surface area (Å²) >= 11 is 0. The van der Waals surface area contributed by atoms with Gasteiger partial charge in [-0.3, -0.25) is 37.2 Å². The van der Waals surface area contributed by atoms with Gasteiger partial charge in [0.25, 0.3) is 16.7 Å². The third kappa shape index (κ3) is 25.4. The van der Waals surface area contributed by atoms with E-state index >= 15 is 0 Å². The number of fused-ring (bicyclic) bond motifs is 5. The van der Waals surface area contributed by atoms with Gasteiger partial charge in [0.05, 0.1) is 56.4 Å². The van der Waals surface area contributed by atoms with E-state index in [1.54, 1.807) is 50.5 Å². The monoisotopic (exact) mass is 1950 g/mol. The molecule has 0 amide bonds. The van der Waals surface area contributed by atoms with Crippen molar-refractivity contribution in [2.75, 3.05) is 122 Å². The highest BCUT2D eigenvalue weighted by molar-refractivity contribution is 7.73. The van der Waals surface area contributed by atoms with Crippen LogP contribution in [0.2, 0.25) is 0 Å². The number of anilines is 2. The molecule has 15 rings (SSSR count).